The van der Waals surface area contributed by atoms with Gasteiger partial charge >= 0.3 is 5.97 Å². The van der Waals surface area contributed by atoms with E-state index >= 15 is 0 Å². The first-order valence-electron chi connectivity index (χ1n) is 8.03. The molecular formula is C16H29BrO6Si. The van der Waals surface area contributed by atoms with E-state index in [0.717, 1.165) is 0 Å². The van der Waals surface area contributed by atoms with Crippen LogP contribution in [0.4, 0.5) is 0 Å². The predicted molar refractivity (Wildman–Crippen MR) is 96.7 cm³/mol. The van der Waals surface area contributed by atoms with E-state index in [1.54, 1.807) is 13.8 Å². The number of rotatable bonds is 7. The maximum absolute atomic E-state index is 12.3. The van der Waals surface area contributed by atoms with Crippen LogP contribution in [0, 0.1) is 0 Å². The minimum absolute atomic E-state index is 0.0473. The Balaban J connectivity index is 2.72. The Kier molecular flexibility index (Phi) is 7.21. The Morgan fingerprint density at radius 3 is 2.29 bits per heavy atom. The lowest BCUT2D eigenvalue weighted by Gasteiger charge is -2.37. The van der Waals surface area contributed by atoms with Crippen molar-refractivity contribution in [1.29, 1.82) is 0 Å². The van der Waals surface area contributed by atoms with Gasteiger partial charge < -0.3 is 18.6 Å². The molecule has 1 saturated heterocycles. The van der Waals surface area contributed by atoms with E-state index in [0.29, 0.717) is 0 Å². The molecule has 2 atom stereocenters. The Hall–Kier alpha value is -0.283. The van der Waals surface area contributed by atoms with Crippen LogP contribution in [0.5, 0.6) is 0 Å². The normalized spacial score (nSPS) is 24.0. The number of ether oxygens (including phenoxy) is 3. The fraction of sp³-hybridized carbons (Fsp3) is 0.875. The number of hydrogen-bond acceptors (Lipinski definition) is 6. The van der Waals surface area contributed by atoms with Gasteiger partial charge in [0.25, 0.3) is 0 Å². The first-order chi connectivity index (χ1) is 10.8. The molecule has 0 aromatic rings. The molecule has 1 rings (SSSR count). The highest BCUT2D eigenvalue weighted by Crippen LogP contribution is 2.37. The third-order valence-corrected chi connectivity index (χ3v) is 9.36. The number of hydrogen-bond donors (Lipinski definition) is 0. The van der Waals surface area contributed by atoms with Gasteiger partial charge in [-0.1, -0.05) is 36.7 Å². The summed E-state index contributed by atoms with van der Waals surface area (Å²) in [6, 6.07) is 0. The van der Waals surface area contributed by atoms with Gasteiger partial charge in [-0.25, -0.2) is 0 Å². The fourth-order valence-electron chi connectivity index (χ4n) is 2.01. The number of Topliss-reactive ketones (excluding diaryl/α,β-unsaturated/α-hetero) is 1. The Morgan fingerprint density at radius 2 is 1.79 bits per heavy atom. The van der Waals surface area contributed by atoms with Crippen LogP contribution in [-0.2, 0) is 28.2 Å². The molecular weight excluding hydrogens is 396 g/mol. The lowest BCUT2D eigenvalue weighted by Crippen LogP contribution is -2.45. The smallest absolute Gasteiger partial charge is 0.316 e. The monoisotopic (exact) mass is 424 g/mol. The topological polar surface area (TPSA) is 71.1 Å². The molecule has 140 valence electrons. The molecule has 0 N–H and O–H groups in total. The number of esters is 1. The van der Waals surface area contributed by atoms with Crippen LogP contribution < -0.4 is 0 Å². The molecule has 1 heterocycles. The van der Waals surface area contributed by atoms with Crippen LogP contribution in [0.15, 0.2) is 0 Å². The van der Waals surface area contributed by atoms with Crippen molar-refractivity contribution in [3.05, 3.63) is 0 Å². The second kappa shape index (κ2) is 7.95. The van der Waals surface area contributed by atoms with Crippen LogP contribution in [-0.4, -0.2) is 56.6 Å². The van der Waals surface area contributed by atoms with Gasteiger partial charge in [0.1, 0.15) is 11.4 Å². The van der Waals surface area contributed by atoms with Crippen molar-refractivity contribution in [2.75, 3.05) is 18.5 Å². The minimum atomic E-state index is -1.96. The summed E-state index contributed by atoms with van der Waals surface area (Å²) in [6.45, 7) is 14.2. The van der Waals surface area contributed by atoms with Crippen molar-refractivity contribution < 1.29 is 28.2 Å². The van der Waals surface area contributed by atoms with Crippen molar-refractivity contribution in [2.45, 2.75) is 70.7 Å². The summed E-state index contributed by atoms with van der Waals surface area (Å²) >= 11 is 2.99. The van der Waals surface area contributed by atoms with Crippen LogP contribution in [0.3, 0.4) is 0 Å². The fourth-order valence-corrected chi connectivity index (χ4v) is 3.19. The quantitative estimate of drug-likeness (QED) is 0.355. The maximum Gasteiger partial charge on any atom is 0.316 e. The molecule has 1 aliphatic rings. The first-order valence-corrected chi connectivity index (χ1v) is 12.1. The molecule has 0 aromatic carbocycles. The largest absolute Gasteiger partial charge is 0.457 e. The SMILES string of the molecule is CC1(C)O[C@H](C(=O)COC(=O)CBr)[C@@H](CO[Si](C)(C)C(C)(C)C)O1. The zero-order chi connectivity index (χ0) is 18.8. The van der Waals surface area contributed by atoms with Crippen LogP contribution in [0.1, 0.15) is 34.6 Å². The molecule has 0 bridgehead atoms. The second-order valence-corrected chi connectivity index (χ2v) is 13.3. The molecule has 0 spiro atoms. The summed E-state index contributed by atoms with van der Waals surface area (Å²) in [4.78, 5) is 23.5. The van der Waals surface area contributed by atoms with E-state index in [2.05, 4.69) is 49.8 Å². The molecule has 8 heteroatoms. The zero-order valence-corrected chi connectivity index (χ0v) is 18.2. The van der Waals surface area contributed by atoms with Gasteiger partial charge in [-0.2, -0.15) is 0 Å². The average Bonchev–Trinajstić information content (AvgIpc) is 2.76. The van der Waals surface area contributed by atoms with Crippen LogP contribution >= 0.6 is 15.9 Å². The van der Waals surface area contributed by atoms with Crippen LogP contribution in [0.2, 0.25) is 18.1 Å². The van der Waals surface area contributed by atoms with Gasteiger partial charge in [0.2, 0.25) is 5.78 Å². The molecule has 1 fully saturated rings. The van der Waals surface area contributed by atoms with Crippen LogP contribution in [0.25, 0.3) is 0 Å². The number of alkyl halides is 1. The van der Waals surface area contributed by atoms with Gasteiger partial charge in [0.15, 0.2) is 26.8 Å². The number of ketones is 1. The van der Waals surface area contributed by atoms with Crippen molar-refractivity contribution >= 4 is 36.0 Å². The van der Waals surface area contributed by atoms with E-state index in [1.165, 1.54) is 0 Å². The average molecular weight is 425 g/mol. The number of carbonyl (C=O) groups is 2. The van der Waals surface area contributed by atoms with Crippen molar-refractivity contribution in [2.24, 2.45) is 0 Å². The Bertz CT molecular complexity index is 472. The van der Waals surface area contributed by atoms with Gasteiger partial charge in [-0.15, -0.1) is 0 Å². The molecule has 6 nitrogen and oxygen atoms in total. The first kappa shape index (κ1) is 21.8. The van der Waals surface area contributed by atoms with E-state index in [9.17, 15) is 9.59 Å². The molecule has 0 aliphatic carbocycles. The predicted octanol–water partition coefficient (Wildman–Crippen LogP) is 3.04. The van der Waals surface area contributed by atoms with Gasteiger partial charge in [0, 0.05) is 0 Å². The standard InChI is InChI=1S/C16H29BrO6Si/c1-15(2,3)24(6,7)21-10-12-14(23-16(4,5)22-12)11(18)9-20-13(19)8-17/h12,14H,8-10H2,1-7H3/t12-,14-/m1/s1. The highest BCUT2D eigenvalue weighted by atomic mass is 79.9. The minimum Gasteiger partial charge on any atom is -0.457 e. The zero-order valence-electron chi connectivity index (χ0n) is 15.6. The molecule has 0 amide bonds. The van der Waals surface area contributed by atoms with E-state index in [1.807, 2.05) is 0 Å². The van der Waals surface area contributed by atoms with Gasteiger partial charge in [-0.05, 0) is 32.0 Å². The van der Waals surface area contributed by atoms with E-state index in [-0.39, 0.29) is 29.4 Å². The highest BCUT2D eigenvalue weighted by molar-refractivity contribution is 9.09. The summed E-state index contributed by atoms with van der Waals surface area (Å²) in [5.74, 6) is -1.68. The van der Waals surface area contributed by atoms with Crippen molar-refractivity contribution in [3.8, 4) is 0 Å². The number of carbonyl (C=O) groups excluding carboxylic acids is 2. The third-order valence-electron chi connectivity index (χ3n) is 4.40. The Labute approximate surface area is 153 Å². The molecule has 0 aromatic heterocycles. The molecule has 1 aliphatic heterocycles. The Morgan fingerprint density at radius 1 is 1.21 bits per heavy atom. The molecule has 0 unspecified atom stereocenters. The number of halogens is 1. The van der Waals surface area contributed by atoms with E-state index < -0.39 is 32.3 Å². The molecule has 0 radical (unpaired) electrons. The van der Waals surface area contributed by atoms with Gasteiger partial charge in [0.05, 0.1) is 6.61 Å². The van der Waals surface area contributed by atoms with Gasteiger partial charge in [-0.3, -0.25) is 9.59 Å². The summed E-state index contributed by atoms with van der Waals surface area (Å²) in [5, 5.41) is 0.110. The van der Waals surface area contributed by atoms with E-state index in [4.69, 9.17) is 18.6 Å². The maximum atomic E-state index is 12.3. The summed E-state index contributed by atoms with van der Waals surface area (Å²) in [7, 11) is -1.96. The highest BCUT2D eigenvalue weighted by Gasteiger charge is 2.47. The molecule has 24 heavy (non-hydrogen) atoms. The second-order valence-electron chi connectivity index (χ2n) is 7.93. The summed E-state index contributed by atoms with van der Waals surface area (Å²) in [6.07, 6.45) is -1.31. The molecule has 0 saturated carbocycles. The summed E-state index contributed by atoms with van der Waals surface area (Å²) < 4.78 is 22.6. The summed E-state index contributed by atoms with van der Waals surface area (Å²) in [5.41, 5.74) is 0. The van der Waals surface area contributed by atoms with Crippen molar-refractivity contribution in [1.82, 2.24) is 0 Å². The third kappa shape index (κ3) is 5.91. The lowest BCUT2D eigenvalue weighted by atomic mass is 10.1. The van der Waals surface area contributed by atoms with Crippen molar-refractivity contribution in [3.63, 3.8) is 0 Å². The lowest BCUT2D eigenvalue weighted by molar-refractivity contribution is -0.160.